The van der Waals surface area contributed by atoms with Crippen molar-refractivity contribution in [3.63, 3.8) is 0 Å². The van der Waals surface area contributed by atoms with Crippen LogP contribution in [0.5, 0.6) is 0 Å². The fraction of sp³-hybridized carbons (Fsp3) is 0.263. The summed E-state index contributed by atoms with van der Waals surface area (Å²) in [6.07, 6.45) is -0.170. The van der Waals surface area contributed by atoms with Crippen molar-refractivity contribution < 1.29 is 14.3 Å². The Hall–Kier alpha value is -2.62. The highest BCUT2D eigenvalue weighted by Crippen LogP contribution is 2.25. The summed E-state index contributed by atoms with van der Waals surface area (Å²) in [6, 6.07) is 8.68. The molecular weight excluding hydrogens is 292 g/mol. The number of carboxylic acids is 1. The van der Waals surface area contributed by atoms with Crippen molar-refractivity contribution in [2.45, 2.75) is 34.1 Å². The Morgan fingerprint density at radius 1 is 1.04 bits per heavy atom. The van der Waals surface area contributed by atoms with Gasteiger partial charge in [-0.15, -0.1) is 0 Å². The quantitative estimate of drug-likeness (QED) is 0.720. The molecule has 3 aromatic rings. The zero-order valence-electron chi connectivity index (χ0n) is 13.8. The van der Waals surface area contributed by atoms with Gasteiger partial charge in [-0.25, -0.2) is 0 Å². The van der Waals surface area contributed by atoms with E-state index in [9.17, 15) is 9.59 Å². The van der Waals surface area contributed by atoms with Gasteiger partial charge in [0.25, 0.3) is 0 Å². The normalized spacial score (nSPS) is 10.4. The first-order valence-electron chi connectivity index (χ1n) is 7.65. The average Bonchev–Trinajstić information content (AvgIpc) is 2.54. The van der Waals surface area contributed by atoms with Crippen LogP contribution >= 0.6 is 0 Å². The summed E-state index contributed by atoms with van der Waals surface area (Å²) in [5.41, 5.74) is 3.22. The number of carbonyl (C=O) groups is 1. The number of carboxylic acid groups (broad SMARTS) is 1. The molecule has 0 radical (unpaired) electrons. The second-order valence-electron chi connectivity index (χ2n) is 5.18. The molecule has 0 fully saturated rings. The van der Waals surface area contributed by atoms with Crippen molar-refractivity contribution in [3.8, 4) is 0 Å². The molecule has 2 aromatic carbocycles. The molecule has 3 rings (SSSR count). The molecular formula is C19H20O4. The van der Waals surface area contributed by atoms with Gasteiger partial charge >= 0.3 is 5.97 Å². The van der Waals surface area contributed by atoms with Gasteiger partial charge in [0.2, 0.25) is 5.43 Å². The van der Waals surface area contributed by atoms with Crippen LogP contribution < -0.4 is 5.43 Å². The lowest BCUT2D eigenvalue weighted by Crippen LogP contribution is -2.06. The van der Waals surface area contributed by atoms with Gasteiger partial charge < -0.3 is 9.52 Å². The van der Waals surface area contributed by atoms with Gasteiger partial charge in [-0.1, -0.05) is 32.0 Å². The van der Waals surface area contributed by atoms with Crippen LogP contribution in [-0.4, -0.2) is 11.1 Å². The van der Waals surface area contributed by atoms with Crippen LogP contribution in [0.25, 0.3) is 21.9 Å². The van der Waals surface area contributed by atoms with Gasteiger partial charge in [0.15, 0.2) is 0 Å². The van der Waals surface area contributed by atoms with E-state index in [1.807, 2.05) is 33.8 Å². The van der Waals surface area contributed by atoms with E-state index >= 15 is 0 Å². The number of hydrogen-bond donors (Lipinski definition) is 1. The van der Waals surface area contributed by atoms with Crippen LogP contribution in [0.3, 0.4) is 0 Å². The van der Waals surface area contributed by atoms with E-state index in [4.69, 9.17) is 9.52 Å². The Morgan fingerprint density at radius 2 is 1.70 bits per heavy atom. The molecule has 0 atom stereocenters. The summed E-state index contributed by atoms with van der Waals surface area (Å²) in [5.74, 6) is -0.953. The molecule has 0 saturated carbocycles. The lowest BCUT2D eigenvalue weighted by atomic mass is 10.0. The minimum Gasteiger partial charge on any atom is -0.481 e. The number of aliphatic carboxylic acids is 1. The van der Waals surface area contributed by atoms with Crippen LogP contribution in [0.2, 0.25) is 0 Å². The minimum atomic E-state index is -0.953. The van der Waals surface area contributed by atoms with Crippen molar-refractivity contribution in [1.82, 2.24) is 0 Å². The molecule has 4 nitrogen and oxygen atoms in total. The third-order valence-electron chi connectivity index (χ3n) is 3.81. The number of hydrogen-bond acceptors (Lipinski definition) is 3. The zero-order valence-corrected chi connectivity index (χ0v) is 13.8. The monoisotopic (exact) mass is 312 g/mol. The molecule has 0 amide bonds. The van der Waals surface area contributed by atoms with Crippen LogP contribution in [0.1, 0.15) is 30.5 Å². The molecule has 4 heteroatoms. The van der Waals surface area contributed by atoms with Gasteiger partial charge in [0.1, 0.15) is 11.2 Å². The minimum absolute atomic E-state index is 0.124. The molecule has 0 unspecified atom stereocenters. The van der Waals surface area contributed by atoms with Crippen molar-refractivity contribution >= 4 is 27.9 Å². The van der Waals surface area contributed by atoms with E-state index in [1.54, 1.807) is 24.3 Å². The average molecular weight is 312 g/mol. The van der Waals surface area contributed by atoms with Crippen molar-refractivity contribution in [2.24, 2.45) is 0 Å². The summed E-state index contributed by atoms with van der Waals surface area (Å²) in [6.45, 7) is 7.84. The zero-order chi connectivity index (χ0) is 17.1. The van der Waals surface area contributed by atoms with Crippen molar-refractivity contribution in [3.05, 3.63) is 57.2 Å². The summed E-state index contributed by atoms with van der Waals surface area (Å²) >= 11 is 0. The van der Waals surface area contributed by atoms with Gasteiger partial charge in [-0.2, -0.15) is 0 Å². The van der Waals surface area contributed by atoms with Crippen LogP contribution in [0, 0.1) is 13.8 Å². The van der Waals surface area contributed by atoms with E-state index in [2.05, 4.69) is 0 Å². The number of benzene rings is 2. The fourth-order valence-electron chi connectivity index (χ4n) is 2.53. The fourth-order valence-corrected chi connectivity index (χ4v) is 2.53. The van der Waals surface area contributed by atoms with Gasteiger partial charge in [0, 0.05) is 5.56 Å². The Balaban J connectivity index is 0.000000924. The first-order chi connectivity index (χ1) is 11.0. The molecule has 1 aromatic heterocycles. The molecule has 0 aliphatic carbocycles. The highest BCUT2D eigenvalue weighted by atomic mass is 16.4. The predicted molar refractivity (Wildman–Crippen MR) is 92.2 cm³/mol. The smallest absolute Gasteiger partial charge is 0.307 e. The highest BCUT2D eigenvalue weighted by molar-refractivity contribution is 5.93. The molecule has 0 aliphatic heterocycles. The number of rotatable bonds is 2. The molecule has 0 spiro atoms. The van der Waals surface area contributed by atoms with E-state index in [0.29, 0.717) is 27.5 Å². The van der Waals surface area contributed by atoms with E-state index < -0.39 is 5.97 Å². The SMILES string of the molecule is CC.Cc1ccc2c(=O)c3cccc(CC(=O)O)c3oc2c1C. The van der Waals surface area contributed by atoms with E-state index in [1.165, 1.54) is 0 Å². The molecule has 0 bridgehead atoms. The van der Waals surface area contributed by atoms with Crippen molar-refractivity contribution in [1.29, 1.82) is 0 Å². The maximum Gasteiger partial charge on any atom is 0.307 e. The standard InChI is InChI=1S/C17H14O4.C2H6/c1-9-6-7-13-15(20)12-5-3-4-11(8-14(18)19)17(12)21-16(13)10(9)2;1-2/h3-7H,8H2,1-2H3,(H,18,19);1-2H3. The summed E-state index contributed by atoms with van der Waals surface area (Å²) < 4.78 is 5.91. The molecule has 1 N–H and O–H groups in total. The van der Waals surface area contributed by atoms with Gasteiger partial charge in [0.05, 0.1) is 17.2 Å². The van der Waals surface area contributed by atoms with Crippen molar-refractivity contribution in [2.75, 3.05) is 0 Å². The van der Waals surface area contributed by atoms with Crippen LogP contribution in [0.15, 0.2) is 39.5 Å². The van der Waals surface area contributed by atoms with Gasteiger partial charge in [-0.3, -0.25) is 9.59 Å². The molecule has 0 saturated heterocycles. The van der Waals surface area contributed by atoms with E-state index in [-0.39, 0.29) is 11.8 Å². The van der Waals surface area contributed by atoms with Crippen LogP contribution in [-0.2, 0) is 11.2 Å². The van der Waals surface area contributed by atoms with E-state index in [0.717, 1.165) is 11.1 Å². The second-order valence-corrected chi connectivity index (χ2v) is 5.18. The Bertz CT molecular complexity index is 935. The lowest BCUT2D eigenvalue weighted by molar-refractivity contribution is -0.136. The third kappa shape index (κ3) is 2.97. The first kappa shape index (κ1) is 16.7. The summed E-state index contributed by atoms with van der Waals surface area (Å²) in [7, 11) is 0. The number of para-hydroxylation sites is 1. The Morgan fingerprint density at radius 3 is 2.35 bits per heavy atom. The topological polar surface area (TPSA) is 67.5 Å². The summed E-state index contributed by atoms with van der Waals surface area (Å²) in [5, 5.41) is 9.93. The second kappa shape index (κ2) is 6.65. The molecule has 23 heavy (non-hydrogen) atoms. The summed E-state index contributed by atoms with van der Waals surface area (Å²) in [4.78, 5) is 23.5. The predicted octanol–water partition coefficient (Wildman–Crippen LogP) is 4.22. The molecule has 0 aliphatic rings. The Kier molecular flexibility index (Phi) is 4.84. The van der Waals surface area contributed by atoms with Gasteiger partial charge in [-0.05, 0) is 37.1 Å². The lowest BCUT2D eigenvalue weighted by Gasteiger charge is -2.08. The highest BCUT2D eigenvalue weighted by Gasteiger charge is 2.14. The maximum atomic E-state index is 12.6. The molecule has 1 heterocycles. The third-order valence-corrected chi connectivity index (χ3v) is 3.81. The Labute approximate surface area is 134 Å². The number of fused-ring (bicyclic) bond motifs is 2. The number of aryl methyl sites for hydroxylation is 2. The maximum absolute atomic E-state index is 12.6. The largest absolute Gasteiger partial charge is 0.481 e. The first-order valence-corrected chi connectivity index (χ1v) is 7.65. The van der Waals surface area contributed by atoms with Crippen LogP contribution in [0.4, 0.5) is 0 Å². The molecule has 120 valence electrons.